The van der Waals surface area contributed by atoms with Gasteiger partial charge in [-0.1, -0.05) is 127 Å². The lowest BCUT2D eigenvalue weighted by Crippen LogP contribution is -1.96. The topological polar surface area (TPSA) is 4.93 Å². The Balaban J connectivity index is 0.000000240. The van der Waals surface area contributed by atoms with Crippen molar-refractivity contribution in [2.45, 2.75) is 27.7 Å². The van der Waals surface area contributed by atoms with E-state index in [-0.39, 0.29) is 0 Å². The molecule has 224 valence electrons. The minimum Gasteiger partial charge on any atom is -0.309 e. The standard InChI is InChI=1S/C32H23NS.C12H14/c1-20-10-6-7-13-23(20)24-16-17-27-30-28(33(31(27)21(24)2)22-11-4-3-5-12-22)19-18-26-25-14-8-9-15-29(25)34-32(26)30;1-4-6-12-8-7-10(3)9-11(12)5-2/h3-19H,1-2H3;4-9H,2H2,1,3H3/b;6-4-. The largest absolute Gasteiger partial charge is 0.309 e. The third-order valence-electron chi connectivity index (χ3n) is 8.95. The summed E-state index contributed by atoms with van der Waals surface area (Å²) in [5.41, 5.74) is 12.7. The molecule has 0 bridgehead atoms. The van der Waals surface area contributed by atoms with E-state index in [1.807, 2.05) is 30.4 Å². The van der Waals surface area contributed by atoms with Gasteiger partial charge in [0.2, 0.25) is 0 Å². The van der Waals surface area contributed by atoms with Gasteiger partial charge in [-0.2, -0.15) is 0 Å². The second-order valence-electron chi connectivity index (χ2n) is 11.9. The molecule has 0 aliphatic carbocycles. The number of thiophene rings is 1. The van der Waals surface area contributed by atoms with E-state index >= 15 is 0 Å². The van der Waals surface area contributed by atoms with E-state index in [0.29, 0.717) is 0 Å². The van der Waals surface area contributed by atoms with Gasteiger partial charge in [-0.25, -0.2) is 0 Å². The second-order valence-corrected chi connectivity index (χ2v) is 12.9. The van der Waals surface area contributed by atoms with Crippen molar-refractivity contribution in [1.82, 2.24) is 4.57 Å². The molecule has 0 radical (unpaired) electrons. The van der Waals surface area contributed by atoms with E-state index in [4.69, 9.17) is 0 Å². The van der Waals surface area contributed by atoms with Crippen molar-refractivity contribution in [1.29, 1.82) is 0 Å². The van der Waals surface area contributed by atoms with Gasteiger partial charge in [0.1, 0.15) is 0 Å². The van der Waals surface area contributed by atoms with Gasteiger partial charge < -0.3 is 4.57 Å². The number of fused-ring (bicyclic) bond motifs is 7. The molecule has 1 nitrogen and oxygen atoms in total. The molecule has 0 saturated carbocycles. The Morgan fingerprint density at radius 3 is 2.17 bits per heavy atom. The van der Waals surface area contributed by atoms with Crippen LogP contribution in [0.1, 0.15) is 34.7 Å². The molecular formula is C44H37NS. The van der Waals surface area contributed by atoms with Gasteiger partial charge in [0, 0.05) is 36.6 Å². The fraction of sp³-hybridized carbons (Fsp3) is 0.0909. The average molecular weight is 612 g/mol. The Bertz CT molecular complexity index is 2420. The van der Waals surface area contributed by atoms with Crippen LogP contribution in [-0.2, 0) is 0 Å². The lowest BCUT2D eigenvalue weighted by Gasteiger charge is -2.14. The number of aryl methyl sites for hydroxylation is 3. The zero-order valence-electron chi connectivity index (χ0n) is 26.8. The molecule has 0 fully saturated rings. The highest BCUT2D eigenvalue weighted by atomic mass is 32.1. The third-order valence-corrected chi connectivity index (χ3v) is 10.2. The second kappa shape index (κ2) is 12.3. The minimum absolute atomic E-state index is 1.20. The summed E-state index contributed by atoms with van der Waals surface area (Å²) in [5, 5.41) is 5.38. The Kier molecular flexibility index (Phi) is 7.90. The van der Waals surface area contributed by atoms with Crippen molar-refractivity contribution in [3.8, 4) is 16.8 Å². The van der Waals surface area contributed by atoms with Gasteiger partial charge in [-0.3, -0.25) is 0 Å². The summed E-state index contributed by atoms with van der Waals surface area (Å²) in [7, 11) is 0. The number of aromatic nitrogens is 1. The number of allylic oxidation sites excluding steroid dienone is 1. The lowest BCUT2D eigenvalue weighted by atomic mass is 9.94. The molecule has 2 heterocycles. The maximum Gasteiger partial charge on any atom is 0.0576 e. The fourth-order valence-corrected chi connectivity index (χ4v) is 8.01. The van der Waals surface area contributed by atoms with Crippen LogP contribution in [0.25, 0.3) is 70.9 Å². The molecule has 0 amide bonds. The molecule has 6 aromatic carbocycles. The monoisotopic (exact) mass is 611 g/mol. The first-order chi connectivity index (χ1) is 22.5. The van der Waals surface area contributed by atoms with Crippen LogP contribution in [0, 0.1) is 20.8 Å². The molecule has 0 aliphatic heterocycles. The van der Waals surface area contributed by atoms with Gasteiger partial charge >= 0.3 is 0 Å². The molecular weight excluding hydrogens is 575 g/mol. The number of hydrogen-bond donors (Lipinski definition) is 0. The van der Waals surface area contributed by atoms with E-state index < -0.39 is 0 Å². The average Bonchev–Trinajstić information content (AvgIpc) is 3.63. The number of para-hydroxylation sites is 1. The lowest BCUT2D eigenvalue weighted by molar-refractivity contribution is 1.17. The highest BCUT2D eigenvalue weighted by Crippen LogP contribution is 2.45. The maximum absolute atomic E-state index is 3.78. The number of nitrogens with zero attached hydrogens (tertiary/aromatic N) is 1. The summed E-state index contributed by atoms with van der Waals surface area (Å²) >= 11 is 1.91. The molecule has 0 N–H and O–H groups in total. The molecule has 46 heavy (non-hydrogen) atoms. The molecule has 0 aliphatic rings. The van der Waals surface area contributed by atoms with Gasteiger partial charge in [-0.15, -0.1) is 11.3 Å². The van der Waals surface area contributed by atoms with Crippen LogP contribution in [0.3, 0.4) is 0 Å². The van der Waals surface area contributed by atoms with Crippen LogP contribution in [0.5, 0.6) is 0 Å². The van der Waals surface area contributed by atoms with E-state index in [2.05, 4.69) is 159 Å². The molecule has 0 saturated heterocycles. The Morgan fingerprint density at radius 1 is 0.652 bits per heavy atom. The number of benzene rings is 6. The number of rotatable bonds is 4. The summed E-state index contributed by atoms with van der Waals surface area (Å²) in [6.07, 6.45) is 6.02. The summed E-state index contributed by atoms with van der Waals surface area (Å²) in [6.45, 7) is 12.4. The number of hydrogen-bond acceptors (Lipinski definition) is 1. The predicted molar refractivity (Wildman–Crippen MR) is 205 cm³/mol. The highest BCUT2D eigenvalue weighted by Gasteiger charge is 2.20. The first-order valence-electron chi connectivity index (χ1n) is 15.9. The van der Waals surface area contributed by atoms with Crippen LogP contribution < -0.4 is 0 Å². The van der Waals surface area contributed by atoms with Gasteiger partial charge in [-0.05, 0) is 85.3 Å². The van der Waals surface area contributed by atoms with Gasteiger partial charge in [0.25, 0.3) is 0 Å². The molecule has 2 heteroatoms. The summed E-state index contributed by atoms with van der Waals surface area (Å²) in [4.78, 5) is 0. The van der Waals surface area contributed by atoms with Crippen LogP contribution in [-0.4, -0.2) is 4.57 Å². The molecule has 0 atom stereocenters. The van der Waals surface area contributed by atoms with Crippen molar-refractivity contribution in [2.24, 2.45) is 0 Å². The highest BCUT2D eigenvalue weighted by molar-refractivity contribution is 7.26. The van der Waals surface area contributed by atoms with Crippen LogP contribution >= 0.6 is 11.3 Å². The summed E-state index contributed by atoms with van der Waals surface area (Å²) in [5.74, 6) is 0. The van der Waals surface area contributed by atoms with Crippen LogP contribution in [0.15, 0.2) is 134 Å². The normalized spacial score (nSPS) is 11.5. The molecule has 0 spiro atoms. The Morgan fingerprint density at radius 2 is 1.39 bits per heavy atom. The van der Waals surface area contributed by atoms with E-state index in [0.717, 1.165) is 0 Å². The first kappa shape index (κ1) is 29.5. The Labute approximate surface area is 275 Å². The van der Waals surface area contributed by atoms with Crippen molar-refractivity contribution >= 4 is 65.5 Å². The van der Waals surface area contributed by atoms with E-state index in [1.165, 1.54) is 86.6 Å². The van der Waals surface area contributed by atoms with Crippen molar-refractivity contribution in [2.75, 3.05) is 0 Å². The SMILES string of the molecule is C=Cc1cc(C)ccc1/C=C\C.Cc1ccccc1-c1ccc2c3c4sc5ccccc5c4ccc3n(-c3ccccc3)c2c1C. The van der Waals surface area contributed by atoms with Gasteiger partial charge in [0.15, 0.2) is 0 Å². The molecule has 0 unspecified atom stereocenters. The molecule has 8 aromatic rings. The zero-order valence-corrected chi connectivity index (χ0v) is 27.7. The van der Waals surface area contributed by atoms with Crippen LogP contribution in [0.2, 0.25) is 0 Å². The first-order valence-corrected chi connectivity index (χ1v) is 16.7. The minimum atomic E-state index is 1.20. The molecule has 8 rings (SSSR count). The molecule has 2 aromatic heterocycles. The zero-order chi connectivity index (χ0) is 31.8. The summed E-state index contributed by atoms with van der Waals surface area (Å²) < 4.78 is 5.19. The van der Waals surface area contributed by atoms with Gasteiger partial charge in [0.05, 0.1) is 11.0 Å². The maximum atomic E-state index is 3.78. The van der Waals surface area contributed by atoms with E-state index in [1.54, 1.807) is 0 Å². The van der Waals surface area contributed by atoms with E-state index in [9.17, 15) is 0 Å². The third kappa shape index (κ3) is 5.05. The fourth-order valence-electron chi connectivity index (χ4n) is 6.75. The summed E-state index contributed by atoms with van der Waals surface area (Å²) in [6, 6.07) is 43.9. The van der Waals surface area contributed by atoms with Crippen molar-refractivity contribution in [3.05, 3.63) is 162 Å². The van der Waals surface area contributed by atoms with Crippen molar-refractivity contribution < 1.29 is 0 Å². The van der Waals surface area contributed by atoms with Crippen LogP contribution in [0.4, 0.5) is 0 Å². The Hall–Kier alpha value is -5.18. The smallest absolute Gasteiger partial charge is 0.0576 e. The predicted octanol–water partition coefficient (Wildman–Crippen LogP) is 13.1. The quantitative estimate of drug-likeness (QED) is 0.187. The van der Waals surface area contributed by atoms with Crippen molar-refractivity contribution in [3.63, 3.8) is 0 Å².